The lowest BCUT2D eigenvalue weighted by Gasteiger charge is -2.12. The van der Waals surface area contributed by atoms with E-state index in [1.807, 2.05) is 4.57 Å². The molecule has 0 saturated heterocycles. The first kappa shape index (κ1) is 19.9. The van der Waals surface area contributed by atoms with Crippen molar-refractivity contribution in [3.63, 3.8) is 0 Å². The summed E-state index contributed by atoms with van der Waals surface area (Å²) in [6, 6.07) is 8.22. The minimum absolute atomic E-state index is 0.252. The van der Waals surface area contributed by atoms with Gasteiger partial charge < -0.3 is 14.8 Å². The zero-order valence-corrected chi connectivity index (χ0v) is 16.4. The fraction of sp³-hybridized carbons (Fsp3) is 0.150. The summed E-state index contributed by atoms with van der Waals surface area (Å²) in [5.74, 6) is -0.0791. The molecule has 3 aromatic heterocycles. The Kier molecular flexibility index (Phi) is 4.94. The average molecular weight is 432 g/mol. The molecular formula is C20H15F3N4O2S. The third-order valence-electron chi connectivity index (χ3n) is 4.67. The highest BCUT2D eigenvalue weighted by Gasteiger charge is 2.30. The van der Waals surface area contributed by atoms with E-state index in [4.69, 9.17) is 10.3 Å². The van der Waals surface area contributed by atoms with Gasteiger partial charge in [-0.1, -0.05) is 17.3 Å². The summed E-state index contributed by atoms with van der Waals surface area (Å²) in [5, 5.41) is 6.09. The summed E-state index contributed by atoms with van der Waals surface area (Å²) < 4.78 is 45.4. The third-order valence-corrected chi connectivity index (χ3v) is 5.53. The first-order valence-electron chi connectivity index (χ1n) is 8.77. The lowest BCUT2D eigenvalue weighted by molar-refractivity contribution is -0.137. The number of benzene rings is 1. The van der Waals surface area contributed by atoms with E-state index in [1.165, 1.54) is 29.7 Å². The highest BCUT2D eigenvalue weighted by molar-refractivity contribution is 7.13. The molecule has 0 radical (unpaired) electrons. The second kappa shape index (κ2) is 7.45. The Morgan fingerprint density at radius 1 is 1.23 bits per heavy atom. The number of hydrogen-bond acceptors (Lipinski definition) is 5. The number of aromatic nitrogens is 3. The number of nitrogens with zero attached hydrogens (tertiary/aromatic N) is 3. The number of thiazole rings is 1. The van der Waals surface area contributed by atoms with E-state index in [0.717, 1.165) is 12.1 Å². The number of nitrogens with two attached hydrogens (primary N) is 1. The van der Waals surface area contributed by atoms with Gasteiger partial charge in [0.25, 0.3) is 5.91 Å². The zero-order valence-electron chi connectivity index (χ0n) is 15.6. The second-order valence-electron chi connectivity index (χ2n) is 6.59. The predicted octanol–water partition coefficient (Wildman–Crippen LogP) is 4.74. The van der Waals surface area contributed by atoms with Gasteiger partial charge in [-0.3, -0.25) is 4.79 Å². The molecule has 0 aliphatic carbocycles. The molecule has 154 valence electrons. The fourth-order valence-corrected chi connectivity index (χ4v) is 3.89. The number of alkyl halides is 3. The van der Waals surface area contributed by atoms with Crippen molar-refractivity contribution in [3.8, 4) is 22.2 Å². The number of halogens is 3. The Balaban J connectivity index is 1.73. The number of rotatable bonds is 5. The Morgan fingerprint density at radius 3 is 2.57 bits per heavy atom. The fourth-order valence-electron chi connectivity index (χ4n) is 3.12. The second-order valence-corrected chi connectivity index (χ2v) is 7.45. The normalized spacial score (nSPS) is 11.7. The topological polar surface area (TPSA) is 86.9 Å². The average Bonchev–Trinajstić information content (AvgIpc) is 3.42. The van der Waals surface area contributed by atoms with E-state index in [9.17, 15) is 18.0 Å². The van der Waals surface area contributed by atoms with Gasteiger partial charge in [-0.25, -0.2) is 4.98 Å². The van der Waals surface area contributed by atoms with Crippen molar-refractivity contribution in [1.82, 2.24) is 14.7 Å². The molecule has 0 aliphatic rings. The van der Waals surface area contributed by atoms with Crippen molar-refractivity contribution in [2.24, 2.45) is 5.73 Å². The van der Waals surface area contributed by atoms with Gasteiger partial charge in [0.05, 0.1) is 28.7 Å². The van der Waals surface area contributed by atoms with E-state index in [-0.39, 0.29) is 6.54 Å². The van der Waals surface area contributed by atoms with Crippen LogP contribution in [0.15, 0.2) is 52.5 Å². The van der Waals surface area contributed by atoms with Crippen molar-refractivity contribution in [1.29, 1.82) is 0 Å². The molecule has 4 rings (SSSR count). The van der Waals surface area contributed by atoms with Crippen molar-refractivity contribution < 1.29 is 22.5 Å². The summed E-state index contributed by atoms with van der Waals surface area (Å²) in [4.78, 5) is 16.4. The zero-order chi connectivity index (χ0) is 21.5. The van der Waals surface area contributed by atoms with Crippen LogP contribution in [-0.4, -0.2) is 20.6 Å². The maximum absolute atomic E-state index is 12.8. The van der Waals surface area contributed by atoms with Gasteiger partial charge in [-0.15, -0.1) is 11.3 Å². The first-order valence-corrected chi connectivity index (χ1v) is 9.65. The molecule has 0 fully saturated rings. The summed E-state index contributed by atoms with van der Waals surface area (Å²) in [5.41, 5.74) is 7.57. The predicted molar refractivity (Wildman–Crippen MR) is 105 cm³/mol. The number of carbonyl (C=O) groups is 1. The smallest absolute Gasteiger partial charge is 0.366 e. The molecule has 0 unspecified atom stereocenters. The molecular weight excluding hydrogens is 417 g/mol. The van der Waals surface area contributed by atoms with Crippen LogP contribution in [0.5, 0.6) is 0 Å². The van der Waals surface area contributed by atoms with Crippen molar-refractivity contribution in [2.75, 3.05) is 0 Å². The Bertz CT molecular complexity index is 1190. The van der Waals surface area contributed by atoms with E-state index in [1.54, 1.807) is 24.4 Å². The van der Waals surface area contributed by atoms with Crippen LogP contribution in [0.2, 0.25) is 0 Å². The van der Waals surface area contributed by atoms with Gasteiger partial charge in [0, 0.05) is 23.7 Å². The Labute approximate surface area is 172 Å². The molecule has 1 amide bonds. The molecule has 30 heavy (non-hydrogen) atoms. The van der Waals surface area contributed by atoms with Crippen molar-refractivity contribution >= 4 is 17.2 Å². The van der Waals surface area contributed by atoms with Crippen LogP contribution in [0.4, 0.5) is 13.2 Å². The van der Waals surface area contributed by atoms with Gasteiger partial charge in [0.1, 0.15) is 0 Å². The van der Waals surface area contributed by atoms with E-state index in [2.05, 4.69) is 10.1 Å². The van der Waals surface area contributed by atoms with Crippen LogP contribution >= 0.6 is 11.3 Å². The standard InChI is InChI=1S/C20H15F3N4O2S/c1-11-14(18(24)28)8-16(15-10-30-19(26-15)17-6-7-25-29-17)27(11)9-12-2-4-13(5-3-12)20(21,22)23/h2-8,10H,9H2,1H3,(H2,24,28). The van der Waals surface area contributed by atoms with Crippen LogP contribution in [0, 0.1) is 6.92 Å². The van der Waals surface area contributed by atoms with E-state index >= 15 is 0 Å². The largest absolute Gasteiger partial charge is 0.416 e. The highest BCUT2D eigenvalue weighted by atomic mass is 32.1. The molecule has 0 atom stereocenters. The molecule has 2 N–H and O–H groups in total. The Morgan fingerprint density at radius 2 is 1.97 bits per heavy atom. The molecule has 0 saturated carbocycles. The number of amides is 1. The van der Waals surface area contributed by atoms with Crippen LogP contribution in [0.25, 0.3) is 22.2 Å². The molecule has 0 aliphatic heterocycles. The molecule has 4 aromatic rings. The van der Waals surface area contributed by atoms with Crippen LogP contribution in [0.3, 0.4) is 0 Å². The van der Waals surface area contributed by atoms with Gasteiger partial charge in [-0.2, -0.15) is 13.2 Å². The highest BCUT2D eigenvalue weighted by Crippen LogP contribution is 2.33. The molecule has 3 heterocycles. The van der Waals surface area contributed by atoms with E-state index in [0.29, 0.717) is 39.0 Å². The van der Waals surface area contributed by atoms with Crippen LogP contribution in [0.1, 0.15) is 27.2 Å². The number of hydrogen-bond donors (Lipinski definition) is 1. The molecule has 0 spiro atoms. The molecule has 1 aromatic carbocycles. The Hall–Kier alpha value is -3.40. The monoisotopic (exact) mass is 432 g/mol. The SMILES string of the molecule is Cc1c(C(N)=O)cc(-c2csc(-c3ccno3)n2)n1Cc1ccc(C(F)(F)F)cc1. The summed E-state index contributed by atoms with van der Waals surface area (Å²) in [7, 11) is 0. The summed E-state index contributed by atoms with van der Waals surface area (Å²) in [6.45, 7) is 1.99. The molecule has 10 heteroatoms. The van der Waals surface area contributed by atoms with Crippen LogP contribution in [-0.2, 0) is 12.7 Å². The van der Waals surface area contributed by atoms with Crippen molar-refractivity contribution in [2.45, 2.75) is 19.6 Å². The number of primary amides is 1. The first-order chi connectivity index (χ1) is 14.2. The maximum Gasteiger partial charge on any atom is 0.416 e. The summed E-state index contributed by atoms with van der Waals surface area (Å²) in [6.07, 6.45) is -2.89. The minimum atomic E-state index is -4.40. The lowest BCUT2D eigenvalue weighted by Crippen LogP contribution is -2.13. The molecule has 0 bridgehead atoms. The molecule has 6 nitrogen and oxygen atoms in total. The van der Waals surface area contributed by atoms with Crippen molar-refractivity contribution in [3.05, 3.63) is 70.4 Å². The van der Waals surface area contributed by atoms with Gasteiger partial charge in [-0.05, 0) is 30.7 Å². The lowest BCUT2D eigenvalue weighted by atomic mass is 10.1. The summed E-state index contributed by atoms with van der Waals surface area (Å²) >= 11 is 1.35. The van der Waals surface area contributed by atoms with Gasteiger partial charge in [0.2, 0.25) is 0 Å². The van der Waals surface area contributed by atoms with Crippen LogP contribution < -0.4 is 5.73 Å². The minimum Gasteiger partial charge on any atom is -0.366 e. The van der Waals surface area contributed by atoms with Gasteiger partial charge in [0.15, 0.2) is 10.8 Å². The van der Waals surface area contributed by atoms with Gasteiger partial charge >= 0.3 is 6.18 Å². The maximum atomic E-state index is 12.8. The number of carbonyl (C=O) groups excluding carboxylic acids is 1. The van der Waals surface area contributed by atoms with E-state index < -0.39 is 17.6 Å². The quantitative estimate of drug-likeness (QED) is 0.493. The third kappa shape index (κ3) is 3.73.